The predicted molar refractivity (Wildman–Crippen MR) is 169 cm³/mol. The van der Waals surface area contributed by atoms with Gasteiger partial charge in [-0.2, -0.15) is 0 Å². The second-order valence-electron chi connectivity index (χ2n) is 11.1. The third-order valence-corrected chi connectivity index (χ3v) is 8.29. The lowest BCUT2D eigenvalue weighted by molar-refractivity contribution is 0.577. The second-order valence-corrected chi connectivity index (χ2v) is 11.1. The first kappa shape index (κ1) is 24.4. The Kier molecular flexibility index (Phi) is 5.78. The van der Waals surface area contributed by atoms with Crippen molar-refractivity contribution >= 4 is 43.6 Å². The van der Waals surface area contributed by atoms with E-state index in [4.69, 9.17) is 0 Å². The molecule has 0 fully saturated rings. The molecule has 42 heavy (non-hydrogen) atoms. The van der Waals surface area contributed by atoms with Crippen LogP contribution in [0.3, 0.4) is 0 Å². The summed E-state index contributed by atoms with van der Waals surface area (Å²) in [5.74, 6) is 0.512. The van der Waals surface area contributed by atoms with Crippen molar-refractivity contribution in [2.24, 2.45) is 5.92 Å². The van der Waals surface area contributed by atoms with Gasteiger partial charge in [0.25, 0.3) is 0 Å². The maximum absolute atomic E-state index is 4.35. The Labute approximate surface area is 243 Å². The molecule has 0 atom stereocenters. The van der Waals surface area contributed by atoms with Crippen LogP contribution in [0, 0.1) is 5.92 Å². The monoisotopic (exact) mass is 544 g/mol. The Balaban J connectivity index is 1.02. The quantitative estimate of drug-likeness (QED) is 0.214. The molecule has 6 heteroatoms. The van der Waals surface area contributed by atoms with Crippen molar-refractivity contribution in [3.63, 3.8) is 0 Å². The summed E-state index contributed by atoms with van der Waals surface area (Å²) < 4.78 is 4.60. The maximum Gasteiger partial charge on any atom is 0.0572 e. The minimum Gasteiger partial charge on any atom is -0.309 e. The van der Waals surface area contributed by atoms with Crippen molar-refractivity contribution in [2.75, 3.05) is 0 Å². The average molecular weight is 545 g/mol. The van der Waals surface area contributed by atoms with E-state index in [1.54, 1.807) is 0 Å². The molecule has 2 aromatic carbocycles. The van der Waals surface area contributed by atoms with Crippen LogP contribution in [-0.2, 0) is 12.8 Å². The molecule has 8 aromatic rings. The number of pyridine rings is 4. The fourth-order valence-electron chi connectivity index (χ4n) is 6.41. The third-order valence-electron chi connectivity index (χ3n) is 8.29. The van der Waals surface area contributed by atoms with Crippen molar-refractivity contribution in [1.82, 2.24) is 29.1 Å². The number of hydrogen-bond donors (Lipinski definition) is 0. The van der Waals surface area contributed by atoms with E-state index in [-0.39, 0.29) is 0 Å². The van der Waals surface area contributed by atoms with Crippen LogP contribution >= 0.6 is 0 Å². The second kappa shape index (κ2) is 9.93. The summed E-state index contributed by atoms with van der Waals surface area (Å²) in [6, 6.07) is 26.3. The van der Waals surface area contributed by atoms with Crippen LogP contribution in [0.15, 0.2) is 122 Å². The normalized spacial score (nSPS) is 11.9. The number of fused-ring (bicyclic) bond motifs is 6. The number of nitrogens with zero attached hydrogens (tertiary/aromatic N) is 6. The topological polar surface area (TPSA) is 61.4 Å². The lowest BCUT2D eigenvalue weighted by Gasteiger charge is -2.14. The predicted octanol–water partition coefficient (Wildman–Crippen LogP) is 7.88. The van der Waals surface area contributed by atoms with E-state index >= 15 is 0 Å². The number of benzene rings is 2. The minimum absolute atomic E-state index is 0.512. The van der Waals surface area contributed by atoms with Crippen molar-refractivity contribution < 1.29 is 0 Å². The van der Waals surface area contributed by atoms with E-state index in [1.165, 1.54) is 11.1 Å². The summed E-state index contributed by atoms with van der Waals surface area (Å²) in [5, 5.41) is 4.49. The van der Waals surface area contributed by atoms with Crippen LogP contribution in [0.4, 0.5) is 0 Å². The number of rotatable bonds is 6. The number of hydrogen-bond acceptors (Lipinski definition) is 4. The van der Waals surface area contributed by atoms with Gasteiger partial charge in [0.1, 0.15) is 0 Å². The summed E-state index contributed by atoms with van der Waals surface area (Å²) in [5.41, 5.74) is 9.57. The lowest BCUT2D eigenvalue weighted by atomic mass is 9.94. The van der Waals surface area contributed by atoms with Crippen LogP contribution in [0.2, 0.25) is 0 Å². The molecule has 0 spiro atoms. The Morgan fingerprint density at radius 1 is 0.452 bits per heavy atom. The van der Waals surface area contributed by atoms with Crippen LogP contribution in [0.1, 0.15) is 18.1 Å². The smallest absolute Gasteiger partial charge is 0.0572 e. The molecule has 0 amide bonds. The molecule has 6 heterocycles. The van der Waals surface area contributed by atoms with Crippen molar-refractivity contribution in [3.05, 3.63) is 133 Å². The molecule has 0 radical (unpaired) electrons. The summed E-state index contributed by atoms with van der Waals surface area (Å²) in [4.78, 5) is 17.4. The molecule has 0 unspecified atom stereocenters. The highest BCUT2D eigenvalue weighted by Crippen LogP contribution is 2.32. The van der Waals surface area contributed by atoms with Gasteiger partial charge < -0.3 is 9.13 Å². The molecule has 6 aromatic heterocycles. The maximum atomic E-state index is 4.35. The van der Waals surface area contributed by atoms with Gasteiger partial charge in [-0.15, -0.1) is 0 Å². The molecule has 0 aliphatic carbocycles. The summed E-state index contributed by atoms with van der Waals surface area (Å²) in [6.45, 7) is 2.34. The Morgan fingerprint density at radius 3 is 1.07 bits per heavy atom. The zero-order chi connectivity index (χ0) is 28.0. The van der Waals surface area contributed by atoms with Crippen molar-refractivity contribution in [2.45, 2.75) is 19.8 Å². The zero-order valence-electron chi connectivity index (χ0n) is 23.2. The first-order valence-corrected chi connectivity index (χ1v) is 14.3. The van der Waals surface area contributed by atoms with Crippen molar-refractivity contribution in [3.8, 4) is 11.4 Å². The Morgan fingerprint density at radius 2 is 0.762 bits per heavy atom. The first-order valence-electron chi connectivity index (χ1n) is 14.3. The van der Waals surface area contributed by atoms with Gasteiger partial charge in [-0.05, 0) is 78.4 Å². The minimum atomic E-state index is 0.512. The van der Waals surface area contributed by atoms with E-state index in [2.05, 4.69) is 109 Å². The average Bonchev–Trinajstić information content (AvgIpc) is 3.55. The van der Waals surface area contributed by atoms with Gasteiger partial charge in [0, 0.05) is 82.5 Å². The van der Waals surface area contributed by atoms with Gasteiger partial charge in [0.05, 0.1) is 22.1 Å². The molecule has 0 saturated heterocycles. The molecule has 8 rings (SSSR count). The molecule has 0 aliphatic heterocycles. The fraction of sp³-hybridized carbons (Fsp3) is 0.111. The number of aromatic nitrogens is 6. The molecular formula is C36H28N6. The molecular weight excluding hydrogens is 516 g/mol. The van der Waals surface area contributed by atoms with E-state index < -0.39 is 0 Å². The van der Waals surface area contributed by atoms with Gasteiger partial charge in [0.15, 0.2) is 0 Å². The SMILES string of the molecule is CC(Cc1ccc(-n2c3ccncc3c3cnccc32)cc1)Cc1ccc(-n2c3ccncc3c3cnccc32)cc1. The molecule has 0 aliphatic rings. The third kappa shape index (κ3) is 4.03. The first-order chi connectivity index (χ1) is 20.7. The van der Waals surface area contributed by atoms with Gasteiger partial charge in [-0.25, -0.2) is 0 Å². The molecule has 6 nitrogen and oxygen atoms in total. The van der Waals surface area contributed by atoms with Gasteiger partial charge in [-0.3, -0.25) is 19.9 Å². The van der Waals surface area contributed by atoms with Crippen LogP contribution in [-0.4, -0.2) is 29.1 Å². The van der Waals surface area contributed by atoms with Crippen LogP contribution < -0.4 is 0 Å². The largest absolute Gasteiger partial charge is 0.309 e. The van der Waals surface area contributed by atoms with E-state index in [0.29, 0.717) is 5.92 Å². The summed E-state index contributed by atoms with van der Waals surface area (Å²) >= 11 is 0. The Hall–Kier alpha value is -5.36. The highest BCUT2D eigenvalue weighted by molar-refractivity contribution is 6.09. The van der Waals surface area contributed by atoms with E-state index in [1.807, 2.05) is 49.6 Å². The van der Waals surface area contributed by atoms with E-state index in [0.717, 1.165) is 67.8 Å². The summed E-state index contributed by atoms with van der Waals surface area (Å²) in [7, 11) is 0. The van der Waals surface area contributed by atoms with Gasteiger partial charge in [0.2, 0.25) is 0 Å². The molecule has 0 saturated carbocycles. The molecule has 0 bridgehead atoms. The summed E-state index contributed by atoms with van der Waals surface area (Å²) in [6.07, 6.45) is 17.2. The van der Waals surface area contributed by atoms with E-state index in [9.17, 15) is 0 Å². The molecule has 202 valence electrons. The van der Waals surface area contributed by atoms with Crippen LogP contribution in [0.5, 0.6) is 0 Å². The van der Waals surface area contributed by atoms with Gasteiger partial charge in [-0.1, -0.05) is 31.2 Å². The van der Waals surface area contributed by atoms with Crippen molar-refractivity contribution in [1.29, 1.82) is 0 Å². The zero-order valence-corrected chi connectivity index (χ0v) is 23.2. The van der Waals surface area contributed by atoms with Gasteiger partial charge >= 0.3 is 0 Å². The highest BCUT2D eigenvalue weighted by Gasteiger charge is 2.14. The molecule has 0 N–H and O–H groups in total. The highest BCUT2D eigenvalue weighted by atomic mass is 15.0. The van der Waals surface area contributed by atoms with Crippen LogP contribution in [0.25, 0.3) is 55.0 Å². The standard InChI is InChI=1S/C36H28N6/c1-24(18-25-2-6-27(7-3-25)41-33-10-14-37-20-29(33)30-21-38-15-11-34(30)41)19-26-4-8-28(9-5-26)42-35-12-16-39-22-31(35)32-23-40-17-13-36(32)42/h2-17,20-24H,18-19H2,1H3. The lowest BCUT2D eigenvalue weighted by Crippen LogP contribution is -2.04. The fourth-order valence-corrected chi connectivity index (χ4v) is 6.41. The Bertz CT molecular complexity index is 1940.